The maximum Gasteiger partial charge on any atom is 0.120 e. The summed E-state index contributed by atoms with van der Waals surface area (Å²) in [4.78, 5) is 0. The zero-order chi connectivity index (χ0) is 15.7. The summed E-state index contributed by atoms with van der Waals surface area (Å²) in [6.07, 6.45) is 5.18. The van der Waals surface area contributed by atoms with Gasteiger partial charge in [-0.25, -0.2) is 0 Å². The molecule has 1 aromatic carbocycles. The molecule has 0 bridgehead atoms. The molecule has 2 heteroatoms. The van der Waals surface area contributed by atoms with Crippen molar-refractivity contribution < 1.29 is 9.47 Å². The Balaban J connectivity index is 2.32. The SMILES string of the molecule is C=C(OC)c1cccc(OCC(C)CCCCC(C)C)c1. The van der Waals surface area contributed by atoms with Crippen LogP contribution in [0.3, 0.4) is 0 Å². The second-order valence-electron chi connectivity index (χ2n) is 6.25. The fourth-order valence-corrected chi connectivity index (χ4v) is 2.24. The molecule has 0 heterocycles. The standard InChI is InChI=1S/C19H30O2/c1-15(2)9-6-7-10-16(3)14-21-19-12-8-11-18(13-19)17(4)20-5/h8,11-13,15-16H,4,6-7,9-10,14H2,1-3,5H3. The number of methoxy groups -OCH3 is 1. The van der Waals surface area contributed by atoms with Crippen LogP contribution in [0.5, 0.6) is 5.75 Å². The molecule has 0 aliphatic heterocycles. The van der Waals surface area contributed by atoms with Crippen LogP contribution >= 0.6 is 0 Å². The van der Waals surface area contributed by atoms with Gasteiger partial charge in [0.1, 0.15) is 11.5 Å². The molecule has 1 unspecified atom stereocenters. The van der Waals surface area contributed by atoms with Crippen molar-refractivity contribution in [1.82, 2.24) is 0 Å². The van der Waals surface area contributed by atoms with E-state index >= 15 is 0 Å². The molecular formula is C19H30O2. The largest absolute Gasteiger partial charge is 0.497 e. The lowest BCUT2D eigenvalue weighted by molar-refractivity contribution is 0.248. The second-order valence-corrected chi connectivity index (χ2v) is 6.25. The molecule has 0 amide bonds. The summed E-state index contributed by atoms with van der Waals surface area (Å²) < 4.78 is 11.0. The van der Waals surface area contributed by atoms with Gasteiger partial charge in [0.05, 0.1) is 13.7 Å². The Labute approximate surface area is 130 Å². The number of ether oxygens (including phenoxy) is 2. The van der Waals surface area contributed by atoms with E-state index in [-0.39, 0.29) is 0 Å². The van der Waals surface area contributed by atoms with Crippen molar-refractivity contribution in [3.05, 3.63) is 36.4 Å². The molecule has 2 nitrogen and oxygen atoms in total. The van der Waals surface area contributed by atoms with Gasteiger partial charge in [-0.2, -0.15) is 0 Å². The first-order valence-corrected chi connectivity index (χ1v) is 7.99. The third kappa shape index (κ3) is 7.22. The quantitative estimate of drug-likeness (QED) is 0.416. The van der Waals surface area contributed by atoms with Crippen LogP contribution in [0.15, 0.2) is 30.8 Å². The first kappa shape index (κ1) is 17.6. The summed E-state index contributed by atoms with van der Waals surface area (Å²) >= 11 is 0. The molecule has 0 spiro atoms. The molecule has 0 N–H and O–H groups in total. The number of hydrogen-bond donors (Lipinski definition) is 0. The van der Waals surface area contributed by atoms with E-state index in [0.29, 0.717) is 11.7 Å². The summed E-state index contributed by atoms with van der Waals surface area (Å²) in [6, 6.07) is 7.92. The van der Waals surface area contributed by atoms with Gasteiger partial charge in [0.25, 0.3) is 0 Å². The Morgan fingerprint density at radius 1 is 1.14 bits per heavy atom. The van der Waals surface area contributed by atoms with E-state index in [1.165, 1.54) is 25.7 Å². The first-order chi connectivity index (χ1) is 10.0. The molecule has 0 aliphatic rings. The maximum absolute atomic E-state index is 5.88. The van der Waals surface area contributed by atoms with Crippen molar-refractivity contribution in [3.8, 4) is 5.75 Å². The molecular weight excluding hydrogens is 260 g/mol. The van der Waals surface area contributed by atoms with Gasteiger partial charge >= 0.3 is 0 Å². The first-order valence-electron chi connectivity index (χ1n) is 7.99. The van der Waals surface area contributed by atoms with Crippen LogP contribution in [0.2, 0.25) is 0 Å². The summed E-state index contributed by atoms with van der Waals surface area (Å²) in [5.41, 5.74) is 0.972. The average molecular weight is 290 g/mol. The van der Waals surface area contributed by atoms with Crippen molar-refractivity contribution >= 4 is 5.76 Å². The molecule has 1 aromatic rings. The highest BCUT2D eigenvalue weighted by molar-refractivity contribution is 5.58. The zero-order valence-corrected chi connectivity index (χ0v) is 14.0. The molecule has 0 fully saturated rings. The van der Waals surface area contributed by atoms with Gasteiger partial charge in [0.2, 0.25) is 0 Å². The number of rotatable bonds is 10. The maximum atomic E-state index is 5.88. The van der Waals surface area contributed by atoms with Gasteiger partial charge < -0.3 is 9.47 Å². The van der Waals surface area contributed by atoms with Crippen molar-refractivity contribution in [1.29, 1.82) is 0 Å². The van der Waals surface area contributed by atoms with Crippen molar-refractivity contribution in [2.45, 2.75) is 46.5 Å². The van der Waals surface area contributed by atoms with Crippen LogP contribution in [-0.2, 0) is 4.74 Å². The van der Waals surface area contributed by atoms with E-state index in [9.17, 15) is 0 Å². The van der Waals surface area contributed by atoms with Crippen molar-refractivity contribution in [2.75, 3.05) is 13.7 Å². The highest BCUT2D eigenvalue weighted by atomic mass is 16.5. The van der Waals surface area contributed by atoms with Crippen molar-refractivity contribution in [3.63, 3.8) is 0 Å². The van der Waals surface area contributed by atoms with Crippen LogP contribution < -0.4 is 4.74 Å². The molecule has 0 aliphatic carbocycles. The molecule has 0 saturated carbocycles. The Morgan fingerprint density at radius 3 is 2.52 bits per heavy atom. The fraction of sp³-hybridized carbons (Fsp3) is 0.579. The summed E-state index contributed by atoms with van der Waals surface area (Å²) in [7, 11) is 1.63. The molecule has 21 heavy (non-hydrogen) atoms. The minimum absolute atomic E-state index is 0.589. The normalized spacial score (nSPS) is 12.2. The summed E-state index contributed by atoms with van der Waals surface area (Å²) in [5, 5.41) is 0. The van der Waals surface area contributed by atoms with Gasteiger partial charge in [-0.3, -0.25) is 0 Å². The summed E-state index contributed by atoms with van der Waals surface area (Å²) in [6.45, 7) is 11.5. The molecule has 0 saturated heterocycles. The Kier molecular flexibility index (Phi) is 7.96. The van der Waals surface area contributed by atoms with Gasteiger partial charge in [0, 0.05) is 5.56 Å². The van der Waals surface area contributed by atoms with Gasteiger partial charge in [-0.1, -0.05) is 58.7 Å². The topological polar surface area (TPSA) is 18.5 Å². The van der Waals surface area contributed by atoms with Crippen LogP contribution in [0.25, 0.3) is 5.76 Å². The summed E-state index contributed by atoms with van der Waals surface area (Å²) in [5.74, 6) is 2.96. The third-order valence-corrected chi connectivity index (χ3v) is 3.67. The predicted molar refractivity (Wildman–Crippen MR) is 90.5 cm³/mol. The Morgan fingerprint density at radius 2 is 1.86 bits per heavy atom. The van der Waals surface area contributed by atoms with Gasteiger partial charge in [-0.05, 0) is 30.4 Å². The van der Waals surface area contributed by atoms with Crippen LogP contribution in [0.4, 0.5) is 0 Å². The van der Waals surface area contributed by atoms with E-state index in [1.54, 1.807) is 7.11 Å². The monoisotopic (exact) mass is 290 g/mol. The van der Waals surface area contributed by atoms with E-state index in [0.717, 1.165) is 23.8 Å². The fourth-order valence-electron chi connectivity index (χ4n) is 2.24. The van der Waals surface area contributed by atoms with Crippen LogP contribution in [0.1, 0.15) is 52.0 Å². The number of hydrogen-bond acceptors (Lipinski definition) is 2. The third-order valence-electron chi connectivity index (χ3n) is 3.67. The van der Waals surface area contributed by atoms with Crippen molar-refractivity contribution in [2.24, 2.45) is 11.8 Å². The number of benzene rings is 1. The highest BCUT2D eigenvalue weighted by Gasteiger charge is 2.05. The van der Waals surface area contributed by atoms with Crippen LogP contribution in [0, 0.1) is 11.8 Å². The smallest absolute Gasteiger partial charge is 0.120 e. The molecule has 0 aromatic heterocycles. The molecule has 0 radical (unpaired) electrons. The second kappa shape index (κ2) is 9.49. The lowest BCUT2D eigenvalue weighted by atomic mass is 10.0. The van der Waals surface area contributed by atoms with E-state index in [1.807, 2.05) is 24.3 Å². The van der Waals surface area contributed by atoms with Gasteiger partial charge in [-0.15, -0.1) is 0 Å². The Bertz CT molecular complexity index is 423. The van der Waals surface area contributed by atoms with E-state index in [4.69, 9.17) is 9.47 Å². The average Bonchev–Trinajstić information content (AvgIpc) is 2.48. The minimum atomic E-state index is 0.589. The van der Waals surface area contributed by atoms with E-state index < -0.39 is 0 Å². The zero-order valence-electron chi connectivity index (χ0n) is 14.0. The minimum Gasteiger partial charge on any atom is -0.497 e. The molecule has 118 valence electrons. The molecule has 1 atom stereocenters. The van der Waals surface area contributed by atoms with Crippen LogP contribution in [-0.4, -0.2) is 13.7 Å². The Hall–Kier alpha value is -1.44. The lowest BCUT2D eigenvalue weighted by Gasteiger charge is -2.14. The van der Waals surface area contributed by atoms with E-state index in [2.05, 4.69) is 27.4 Å². The lowest BCUT2D eigenvalue weighted by Crippen LogP contribution is -2.08. The van der Waals surface area contributed by atoms with Gasteiger partial charge in [0.15, 0.2) is 0 Å². The highest BCUT2D eigenvalue weighted by Crippen LogP contribution is 2.20. The molecule has 1 rings (SSSR count). The number of unbranched alkanes of at least 4 members (excludes halogenated alkanes) is 1. The predicted octanol–water partition coefficient (Wildman–Crippen LogP) is 5.54.